The lowest BCUT2D eigenvalue weighted by Gasteiger charge is -2.18. The average molecular weight is 448 g/mol. The summed E-state index contributed by atoms with van der Waals surface area (Å²) in [5.74, 6) is 0.437. The maximum Gasteiger partial charge on any atom is 0.433 e. The van der Waals surface area contributed by atoms with Gasteiger partial charge in [-0.1, -0.05) is 12.8 Å². The Bertz CT molecular complexity index is 1140. The molecule has 0 saturated carbocycles. The van der Waals surface area contributed by atoms with Crippen molar-refractivity contribution in [1.82, 2.24) is 19.5 Å². The number of aromatic nitrogens is 3. The first-order valence-corrected chi connectivity index (χ1v) is 10.3. The monoisotopic (exact) mass is 448 g/mol. The van der Waals surface area contributed by atoms with Crippen molar-refractivity contribution in [2.45, 2.75) is 31.9 Å². The van der Waals surface area contributed by atoms with E-state index in [2.05, 4.69) is 10.1 Å². The highest BCUT2D eigenvalue weighted by molar-refractivity contribution is 5.93. The van der Waals surface area contributed by atoms with Crippen LogP contribution in [0.2, 0.25) is 0 Å². The highest BCUT2D eigenvalue weighted by Gasteiger charge is 2.36. The molecule has 32 heavy (non-hydrogen) atoms. The number of rotatable bonds is 4. The summed E-state index contributed by atoms with van der Waals surface area (Å²) >= 11 is 0. The Morgan fingerprint density at radius 3 is 2.28 bits per heavy atom. The Morgan fingerprint density at radius 1 is 0.969 bits per heavy atom. The number of ether oxygens (including phenoxy) is 2. The second kappa shape index (κ2) is 8.68. The van der Waals surface area contributed by atoms with Gasteiger partial charge in [0.05, 0.1) is 19.9 Å². The van der Waals surface area contributed by atoms with Crippen molar-refractivity contribution in [3.8, 4) is 22.8 Å². The molecule has 3 aromatic rings. The second-order valence-electron chi connectivity index (χ2n) is 7.60. The number of halogens is 3. The fourth-order valence-corrected chi connectivity index (χ4v) is 3.86. The number of hydrogen-bond donors (Lipinski definition) is 0. The first kappa shape index (κ1) is 21.9. The minimum atomic E-state index is -4.69. The Morgan fingerprint density at radius 2 is 1.66 bits per heavy atom. The molecule has 0 bridgehead atoms. The van der Waals surface area contributed by atoms with Crippen LogP contribution in [0.4, 0.5) is 13.2 Å². The molecule has 1 saturated heterocycles. The molecule has 2 aromatic heterocycles. The topological polar surface area (TPSA) is 69.0 Å². The molecule has 0 radical (unpaired) electrons. The molecule has 0 spiro atoms. The summed E-state index contributed by atoms with van der Waals surface area (Å²) in [6.07, 6.45) is -0.891. The average Bonchev–Trinajstić information content (AvgIpc) is 3.02. The van der Waals surface area contributed by atoms with E-state index in [0.717, 1.165) is 31.7 Å². The van der Waals surface area contributed by atoms with E-state index in [1.54, 1.807) is 23.1 Å². The van der Waals surface area contributed by atoms with E-state index in [9.17, 15) is 18.0 Å². The molecule has 3 heterocycles. The smallest absolute Gasteiger partial charge is 0.433 e. The number of methoxy groups -OCH3 is 2. The van der Waals surface area contributed by atoms with Crippen LogP contribution in [0.25, 0.3) is 16.9 Å². The third kappa shape index (κ3) is 4.21. The number of benzene rings is 1. The molecule has 0 aliphatic carbocycles. The number of amides is 1. The van der Waals surface area contributed by atoms with Crippen molar-refractivity contribution in [2.75, 3.05) is 27.3 Å². The molecule has 1 fully saturated rings. The quantitative estimate of drug-likeness (QED) is 0.590. The lowest BCUT2D eigenvalue weighted by atomic mass is 10.1. The van der Waals surface area contributed by atoms with Gasteiger partial charge in [0.2, 0.25) is 0 Å². The zero-order valence-corrected chi connectivity index (χ0v) is 17.8. The fraction of sp³-hybridized carbons (Fsp3) is 0.409. The summed E-state index contributed by atoms with van der Waals surface area (Å²) < 4.78 is 52.7. The van der Waals surface area contributed by atoms with Crippen LogP contribution in [0.1, 0.15) is 41.9 Å². The first-order chi connectivity index (χ1) is 15.3. The second-order valence-corrected chi connectivity index (χ2v) is 7.60. The number of nitrogens with zero attached hydrogens (tertiary/aromatic N) is 4. The van der Waals surface area contributed by atoms with Gasteiger partial charge in [-0.25, -0.2) is 9.50 Å². The number of likely N-dealkylation sites (tertiary alicyclic amines) is 1. The largest absolute Gasteiger partial charge is 0.493 e. The molecule has 0 unspecified atom stereocenters. The van der Waals surface area contributed by atoms with Crippen molar-refractivity contribution in [3.63, 3.8) is 0 Å². The summed E-state index contributed by atoms with van der Waals surface area (Å²) in [6.45, 7) is 1.15. The van der Waals surface area contributed by atoms with Gasteiger partial charge in [0.15, 0.2) is 28.5 Å². The van der Waals surface area contributed by atoms with Crippen LogP contribution in [0.3, 0.4) is 0 Å². The van der Waals surface area contributed by atoms with E-state index in [1.165, 1.54) is 20.3 Å². The van der Waals surface area contributed by atoms with E-state index in [-0.39, 0.29) is 22.9 Å². The normalized spacial score (nSPS) is 15.0. The lowest BCUT2D eigenvalue weighted by Crippen LogP contribution is -2.32. The highest BCUT2D eigenvalue weighted by Crippen LogP contribution is 2.35. The molecule has 7 nitrogen and oxygen atoms in total. The predicted molar refractivity (Wildman–Crippen MR) is 111 cm³/mol. The molecule has 1 aliphatic rings. The number of hydrogen-bond acceptors (Lipinski definition) is 5. The summed E-state index contributed by atoms with van der Waals surface area (Å²) in [7, 11) is 2.91. The Hall–Kier alpha value is -3.30. The fourth-order valence-electron chi connectivity index (χ4n) is 3.86. The minimum Gasteiger partial charge on any atom is -0.493 e. The van der Waals surface area contributed by atoms with E-state index in [4.69, 9.17) is 9.47 Å². The van der Waals surface area contributed by atoms with Crippen LogP contribution in [0, 0.1) is 0 Å². The van der Waals surface area contributed by atoms with Gasteiger partial charge in [-0.05, 0) is 37.1 Å². The first-order valence-electron chi connectivity index (χ1n) is 10.3. The van der Waals surface area contributed by atoms with Gasteiger partial charge in [-0.2, -0.15) is 18.3 Å². The van der Waals surface area contributed by atoms with Gasteiger partial charge < -0.3 is 14.4 Å². The van der Waals surface area contributed by atoms with Crippen LogP contribution in [-0.4, -0.2) is 52.7 Å². The third-order valence-corrected chi connectivity index (χ3v) is 5.51. The van der Waals surface area contributed by atoms with Crippen molar-refractivity contribution in [1.29, 1.82) is 0 Å². The standard InChI is InChI=1S/C22H23F3N4O3/c1-31-17-8-7-14(11-18(17)32-2)15-12-19(22(23,24)25)29-20(26-15)13-16(27-29)21(30)28-9-5-3-4-6-10-28/h7-8,11-13H,3-6,9-10H2,1-2H3. The Balaban J connectivity index is 1.80. The number of alkyl halides is 3. The molecule has 10 heteroatoms. The molecule has 1 aliphatic heterocycles. The Labute approximate surface area is 182 Å². The van der Waals surface area contributed by atoms with Crippen LogP contribution in [-0.2, 0) is 6.18 Å². The summed E-state index contributed by atoms with van der Waals surface area (Å²) in [5.41, 5.74) is -0.615. The van der Waals surface area contributed by atoms with Gasteiger partial charge in [0.1, 0.15) is 0 Å². The van der Waals surface area contributed by atoms with Crippen molar-refractivity contribution >= 4 is 11.6 Å². The van der Waals surface area contributed by atoms with Crippen LogP contribution >= 0.6 is 0 Å². The molecule has 1 aromatic carbocycles. The van der Waals surface area contributed by atoms with Crippen molar-refractivity contribution in [3.05, 3.63) is 41.7 Å². The minimum absolute atomic E-state index is 0.0469. The van der Waals surface area contributed by atoms with Crippen LogP contribution < -0.4 is 9.47 Å². The van der Waals surface area contributed by atoms with Crippen LogP contribution in [0.15, 0.2) is 30.3 Å². The molecule has 1 amide bonds. The summed E-state index contributed by atoms with van der Waals surface area (Å²) in [6, 6.07) is 6.98. The number of carbonyl (C=O) groups excluding carboxylic acids is 1. The molecule has 170 valence electrons. The maximum atomic E-state index is 13.9. The SMILES string of the molecule is COc1ccc(-c2cc(C(F)(F)F)n3nc(C(=O)N4CCCCCC4)cc3n2)cc1OC. The molecule has 0 N–H and O–H groups in total. The lowest BCUT2D eigenvalue weighted by molar-refractivity contribution is -0.142. The van der Waals surface area contributed by atoms with E-state index in [0.29, 0.717) is 34.7 Å². The van der Waals surface area contributed by atoms with Gasteiger partial charge in [-0.3, -0.25) is 4.79 Å². The highest BCUT2D eigenvalue weighted by atomic mass is 19.4. The van der Waals surface area contributed by atoms with Crippen molar-refractivity contribution < 1.29 is 27.4 Å². The van der Waals surface area contributed by atoms with Gasteiger partial charge >= 0.3 is 6.18 Å². The number of carbonyl (C=O) groups is 1. The van der Waals surface area contributed by atoms with E-state index >= 15 is 0 Å². The molecular formula is C22H23F3N4O3. The predicted octanol–water partition coefficient (Wildman–Crippen LogP) is 4.45. The summed E-state index contributed by atoms with van der Waals surface area (Å²) in [4.78, 5) is 18.9. The van der Waals surface area contributed by atoms with E-state index < -0.39 is 11.9 Å². The van der Waals surface area contributed by atoms with Crippen LogP contribution in [0.5, 0.6) is 11.5 Å². The van der Waals surface area contributed by atoms with Crippen molar-refractivity contribution in [2.24, 2.45) is 0 Å². The Kier molecular flexibility index (Phi) is 5.94. The third-order valence-electron chi connectivity index (χ3n) is 5.51. The number of fused-ring (bicyclic) bond motifs is 1. The zero-order valence-electron chi connectivity index (χ0n) is 17.8. The van der Waals surface area contributed by atoms with E-state index in [1.807, 2.05) is 0 Å². The molecular weight excluding hydrogens is 425 g/mol. The van der Waals surface area contributed by atoms with Gasteiger partial charge in [-0.15, -0.1) is 0 Å². The summed E-state index contributed by atoms with van der Waals surface area (Å²) in [5, 5.41) is 3.98. The van der Waals surface area contributed by atoms with Gasteiger partial charge in [0.25, 0.3) is 5.91 Å². The van der Waals surface area contributed by atoms with Gasteiger partial charge in [0, 0.05) is 24.7 Å². The zero-order chi connectivity index (χ0) is 22.9. The molecule has 4 rings (SSSR count). The molecule has 0 atom stereocenters. The maximum absolute atomic E-state index is 13.9.